The molecule has 0 amide bonds. The van der Waals surface area contributed by atoms with E-state index < -0.39 is 0 Å². The maximum atomic E-state index is 9.95. The number of aliphatic hydroxyl groups excluding tert-OH is 2. The van der Waals surface area contributed by atoms with Gasteiger partial charge in [0.25, 0.3) is 0 Å². The average Bonchev–Trinajstić information content (AvgIpc) is 2.76. The van der Waals surface area contributed by atoms with Gasteiger partial charge in [-0.05, 0) is 49.8 Å². The smallest absolute Gasteiger partial charge is 0.152 e. The van der Waals surface area contributed by atoms with Crippen LogP contribution in [0.15, 0.2) is 34.3 Å². The van der Waals surface area contributed by atoms with Crippen LogP contribution < -0.4 is 15.5 Å². The maximum absolute atomic E-state index is 9.95. The van der Waals surface area contributed by atoms with Gasteiger partial charge in [0.2, 0.25) is 0 Å². The van der Waals surface area contributed by atoms with Crippen LogP contribution in [0.5, 0.6) is 0 Å². The molecule has 0 bridgehead atoms. The summed E-state index contributed by atoms with van der Waals surface area (Å²) in [5, 5.41) is 20.7. The van der Waals surface area contributed by atoms with E-state index in [0.717, 1.165) is 55.3 Å². The molecule has 2 aliphatic heterocycles. The van der Waals surface area contributed by atoms with E-state index in [4.69, 9.17) is 17.3 Å². The molecule has 2 fully saturated rings. The van der Waals surface area contributed by atoms with E-state index in [0.29, 0.717) is 15.7 Å². The lowest BCUT2D eigenvalue weighted by atomic mass is 9.75. The van der Waals surface area contributed by atoms with Crippen molar-refractivity contribution in [1.82, 2.24) is 9.97 Å². The monoisotopic (exact) mass is 477 g/mol. The minimum atomic E-state index is -0.165. The summed E-state index contributed by atoms with van der Waals surface area (Å²) >= 11 is 7.98. The molecule has 0 spiro atoms. The first-order valence-corrected chi connectivity index (χ1v) is 12.4. The normalized spacial score (nSPS) is 21.4. The Morgan fingerprint density at radius 3 is 2.59 bits per heavy atom. The Hall–Kier alpha value is -1.58. The minimum Gasteiger partial charge on any atom is -0.394 e. The van der Waals surface area contributed by atoms with E-state index in [1.807, 2.05) is 18.2 Å². The van der Waals surface area contributed by atoms with Crippen molar-refractivity contribution in [3.8, 4) is 0 Å². The zero-order valence-electron chi connectivity index (χ0n) is 18.7. The Labute approximate surface area is 199 Å². The van der Waals surface area contributed by atoms with Crippen molar-refractivity contribution < 1.29 is 10.2 Å². The molecule has 1 aromatic heterocycles. The van der Waals surface area contributed by atoms with Gasteiger partial charge in [0.05, 0.1) is 30.5 Å². The van der Waals surface area contributed by atoms with Gasteiger partial charge < -0.3 is 25.7 Å². The van der Waals surface area contributed by atoms with Gasteiger partial charge in [-0.1, -0.05) is 30.3 Å². The van der Waals surface area contributed by atoms with E-state index in [9.17, 15) is 10.2 Å². The molecule has 32 heavy (non-hydrogen) atoms. The Morgan fingerprint density at radius 1 is 1.28 bits per heavy atom. The number of benzene rings is 1. The maximum Gasteiger partial charge on any atom is 0.152 e. The summed E-state index contributed by atoms with van der Waals surface area (Å²) in [6.45, 7) is 6.95. The molecule has 1 aromatic carbocycles. The SMILES string of the molecule is CC(N)C1(C)CCN(c2ncc(Sc3ccc(N4CCC4CO)cc3Cl)nc2CO)CC1. The molecule has 174 valence electrons. The van der Waals surface area contributed by atoms with Crippen molar-refractivity contribution in [3.05, 3.63) is 35.1 Å². The van der Waals surface area contributed by atoms with Crippen LogP contribution in [-0.2, 0) is 6.61 Å². The van der Waals surface area contributed by atoms with Crippen LogP contribution in [0.4, 0.5) is 11.5 Å². The van der Waals surface area contributed by atoms with Gasteiger partial charge in [-0.25, -0.2) is 9.97 Å². The standard InChI is InChI=1S/C23H32ClN5O2S/c1-15(25)23(2)6-9-28(10-7-23)22-19(14-31)27-21(12-26-22)32-20-4-3-16(11-18(20)24)29-8-5-17(29)13-30/h3-4,11-12,15,17,30-31H,5-10,13-14,25H2,1-2H3. The first kappa shape index (κ1) is 23.6. The Morgan fingerprint density at radius 2 is 2.03 bits per heavy atom. The quantitative estimate of drug-likeness (QED) is 0.558. The summed E-state index contributed by atoms with van der Waals surface area (Å²) in [5.41, 5.74) is 7.92. The highest BCUT2D eigenvalue weighted by Gasteiger charge is 2.34. The number of hydrogen-bond donors (Lipinski definition) is 3. The third-order valence-corrected chi connectivity index (χ3v) is 8.48. The Balaban J connectivity index is 1.47. The van der Waals surface area contributed by atoms with Crippen LogP contribution in [0.3, 0.4) is 0 Å². The average molecular weight is 478 g/mol. The van der Waals surface area contributed by atoms with Gasteiger partial charge in [0.1, 0.15) is 10.7 Å². The van der Waals surface area contributed by atoms with Crippen molar-refractivity contribution in [2.75, 3.05) is 36.0 Å². The predicted molar refractivity (Wildman–Crippen MR) is 130 cm³/mol. The van der Waals surface area contributed by atoms with Gasteiger partial charge in [-0.2, -0.15) is 0 Å². The summed E-state index contributed by atoms with van der Waals surface area (Å²) < 4.78 is 0. The van der Waals surface area contributed by atoms with E-state index >= 15 is 0 Å². The van der Waals surface area contributed by atoms with Crippen LogP contribution in [0.2, 0.25) is 5.02 Å². The van der Waals surface area contributed by atoms with Crippen LogP contribution in [0, 0.1) is 5.41 Å². The number of anilines is 2. The third kappa shape index (κ3) is 4.70. The van der Waals surface area contributed by atoms with Gasteiger partial charge in [0, 0.05) is 36.3 Å². The minimum absolute atomic E-state index is 0.134. The summed E-state index contributed by atoms with van der Waals surface area (Å²) in [5.74, 6) is 0.748. The van der Waals surface area contributed by atoms with Crippen LogP contribution >= 0.6 is 23.4 Å². The Bertz CT molecular complexity index is 950. The van der Waals surface area contributed by atoms with E-state index in [-0.39, 0.29) is 30.7 Å². The fraction of sp³-hybridized carbons (Fsp3) is 0.565. The van der Waals surface area contributed by atoms with Crippen molar-refractivity contribution >= 4 is 34.9 Å². The van der Waals surface area contributed by atoms with E-state index in [1.54, 1.807) is 6.20 Å². The zero-order chi connectivity index (χ0) is 22.9. The molecule has 0 aliphatic carbocycles. The number of hydrogen-bond acceptors (Lipinski definition) is 8. The molecule has 0 radical (unpaired) electrons. The molecule has 7 nitrogen and oxygen atoms in total. The number of nitrogens with zero attached hydrogens (tertiary/aromatic N) is 4. The summed E-state index contributed by atoms with van der Waals surface area (Å²) in [7, 11) is 0. The molecule has 4 N–H and O–H groups in total. The number of piperidine rings is 1. The van der Waals surface area contributed by atoms with Crippen molar-refractivity contribution in [2.45, 2.75) is 61.7 Å². The second-order valence-electron chi connectivity index (χ2n) is 9.10. The second-order valence-corrected chi connectivity index (χ2v) is 10.6. The largest absolute Gasteiger partial charge is 0.394 e. The molecular formula is C23H32ClN5O2S. The number of aliphatic hydroxyl groups is 2. The van der Waals surface area contributed by atoms with Crippen LogP contribution in [-0.4, -0.2) is 58.5 Å². The van der Waals surface area contributed by atoms with Gasteiger partial charge >= 0.3 is 0 Å². The molecule has 3 heterocycles. The summed E-state index contributed by atoms with van der Waals surface area (Å²) in [6, 6.07) is 6.26. The lowest BCUT2D eigenvalue weighted by molar-refractivity contribution is 0.204. The van der Waals surface area contributed by atoms with Crippen molar-refractivity contribution in [1.29, 1.82) is 0 Å². The number of halogens is 1. The van der Waals surface area contributed by atoms with Crippen molar-refractivity contribution in [3.63, 3.8) is 0 Å². The summed E-state index contributed by atoms with van der Waals surface area (Å²) in [6.07, 6.45) is 4.73. The molecule has 0 saturated carbocycles. The second kappa shape index (κ2) is 9.73. The Kier molecular flexibility index (Phi) is 7.17. The van der Waals surface area contributed by atoms with Gasteiger partial charge in [-0.3, -0.25) is 0 Å². The number of nitrogens with two attached hydrogens (primary N) is 1. The summed E-state index contributed by atoms with van der Waals surface area (Å²) in [4.78, 5) is 14.6. The fourth-order valence-corrected chi connectivity index (χ4v) is 5.41. The van der Waals surface area contributed by atoms with Crippen molar-refractivity contribution in [2.24, 2.45) is 11.1 Å². The lowest BCUT2D eigenvalue weighted by Crippen LogP contribution is -2.50. The van der Waals surface area contributed by atoms with E-state index in [2.05, 4.69) is 33.6 Å². The fourth-order valence-electron chi connectivity index (χ4n) is 4.34. The third-order valence-electron chi connectivity index (χ3n) is 7.07. The highest BCUT2D eigenvalue weighted by molar-refractivity contribution is 7.99. The number of aromatic nitrogens is 2. The van der Waals surface area contributed by atoms with Crippen LogP contribution in [0.25, 0.3) is 0 Å². The molecule has 4 rings (SSSR count). The molecule has 2 atom stereocenters. The highest BCUT2D eigenvalue weighted by Crippen LogP contribution is 2.38. The highest BCUT2D eigenvalue weighted by atomic mass is 35.5. The van der Waals surface area contributed by atoms with Gasteiger partial charge in [0.15, 0.2) is 5.82 Å². The first-order chi connectivity index (χ1) is 15.3. The first-order valence-electron chi connectivity index (χ1n) is 11.2. The van der Waals surface area contributed by atoms with Crippen LogP contribution in [0.1, 0.15) is 38.8 Å². The molecule has 2 aliphatic rings. The predicted octanol–water partition coefficient (Wildman–Crippen LogP) is 3.30. The molecular weight excluding hydrogens is 446 g/mol. The molecule has 2 unspecified atom stereocenters. The molecule has 2 aromatic rings. The number of rotatable bonds is 7. The molecule has 9 heteroatoms. The topological polar surface area (TPSA) is 98.7 Å². The zero-order valence-corrected chi connectivity index (χ0v) is 20.2. The van der Waals surface area contributed by atoms with Gasteiger partial charge in [-0.15, -0.1) is 0 Å². The van der Waals surface area contributed by atoms with E-state index in [1.165, 1.54) is 11.8 Å². The molecule has 2 saturated heterocycles. The lowest BCUT2D eigenvalue weighted by Gasteiger charge is -2.42.